The number of nitrogens with one attached hydrogen (secondary N) is 1. The number of hydrogen-bond donors (Lipinski definition) is 1. The van der Waals surface area contributed by atoms with Crippen molar-refractivity contribution in [1.29, 1.82) is 0 Å². The number of guanidine groups is 1. The molecule has 0 radical (unpaired) electrons. The molecular weight excluding hydrogens is 525 g/mol. The molecule has 1 N–H and O–H groups in total. The van der Waals surface area contributed by atoms with Crippen LogP contribution in [0.15, 0.2) is 34.0 Å². The third-order valence-corrected chi connectivity index (χ3v) is 4.99. The number of imidazole rings is 1. The maximum absolute atomic E-state index is 11.9. The maximum atomic E-state index is 11.9. The third-order valence-electron chi connectivity index (χ3n) is 4.52. The SMILES string of the molecule is CCOC(=O)C1CCN(C(=NC)NCc2cn3cc(Br)ccc3n2)CC1.I. The first-order chi connectivity index (χ1) is 12.6. The number of carbonyl (C=O) groups is 1. The van der Waals surface area contributed by atoms with Gasteiger partial charge in [0.1, 0.15) is 5.65 Å². The molecule has 2 aromatic heterocycles. The molecule has 0 aliphatic carbocycles. The topological polar surface area (TPSA) is 71.2 Å². The van der Waals surface area contributed by atoms with Crippen molar-refractivity contribution >= 4 is 57.5 Å². The zero-order valence-electron chi connectivity index (χ0n) is 15.5. The molecule has 0 saturated carbocycles. The van der Waals surface area contributed by atoms with E-state index in [2.05, 4.69) is 36.1 Å². The lowest BCUT2D eigenvalue weighted by Gasteiger charge is -2.33. The number of rotatable bonds is 4. The Kier molecular flexibility index (Phi) is 8.33. The molecule has 0 atom stereocenters. The number of likely N-dealkylation sites (tertiary alicyclic amines) is 1. The number of fused-ring (bicyclic) bond motifs is 1. The zero-order valence-corrected chi connectivity index (χ0v) is 19.4. The first kappa shape index (κ1) is 21.9. The number of hydrogen-bond acceptors (Lipinski definition) is 4. The van der Waals surface area contributed by atoms with Crippen LogP contribution in [0, 0.1) is 5.92 Å². The van der Waals surface area contributed by atoms with Gasteiger partial charge in [-0.05, 0) is 47.8 Å². The molecule has 3 rings (SSSR count). The molecule has 1 aliphatic rings. The van der Waals surface area contributed by atoms with Gasteiger partial charge >= 0.3 is 5.97 Å². The highest BCUT2D eigenvalue weighted by atomic mass is 127. The van der Waals surface area contributed by atoms with Gasteiger partial charge < -0.3 is 19.4 Å². The van der Waals surface area contributed by atoms with E-state index < -0.39 is 0 Å². The summed E-state index contributed by atoms with van der Waals surface area (Å²) in [5, 5.41) is 3.37. The quantitative estimate of drug-likeness (QED) is 0.275. The van der Waals surface area contributed by atoms with Crippen LogP contribution in [0.1, 0.15) is 25.5 Å². The van der Waals surface area contributed by atoms with Gasteiger partial charge in [0.05, 0.1) is 24.8 Å². The highest BCUT2D eigenvalue weighted by molar-refractivity contribution is 14.0. The summed E-state index contributed by atoms with van der Waals surface area (Å²) in [6.07, 6.45) is 5.58. The van der Waals surface area contributed by atoms with Crippen molar-refractivity contribution in [2.75, 3.05) is 26.7 Å². The molecule has 148 valence electrons. The van der Waals surface area contributed by atoms with Crippen molar-refractivity contribution < 1.29 is 9.53 Å². The number of carbonyl (C=O) groups excluding carboxylic acids is 1. The summed E-state index contributed by atoms with van der Waals surface area (Å²) < 4.78 is 8.14. The van der Waals surface area contributed by atoms with Crippen LogP contribution in [0.2, 0.25) is 0 Å². The van der Waals surface area contributed by atoms with Crippen molar-refractivity contribution in [1.82, 2.24) is 19.6 Å². The first-order valence-corrected chi connectivity index (χ1v) is 9.65. The van der Waals surface area contributed by atoms with E-state index in [0.29, 0.717) is 13.2 Å². The van der Waals surface area contributed by atoms with Crippen LogP contribution in [-0.2, 0) is 16.1 Å². The molecule has 27 heavy (non-hydrogen) atoms. The Bertz CT molecular complexity index is 802. The van der Waals surface area contributed by atoms with Gasteiger partial charge in [-0.15, -0.1) is 24.0 Å². The summed E-state index contributed by atoms with van der Waals surface area (Å²) in [7, 11) is 1.78. The molecule has 1 saturated heterocycles. The normalized spacial score (nSPS) is 15.5. The highest BCUT2D eigenvalue weighted by Crippen LogP contribution is 2.19. The molecule has 1 aliphatic heterocycles. The molecule has 9 heteroatoms. The molecular formula is C18H25BrIN5O2. The zero-order chi connectivity index (χ0) is 18.5. The van der Waals surface area contributed by atoms with Gasteiger partial charge in [-0.3, -0.25) is 9.79 Å². The van der Waals surface area contributed by atoms with Crippen molar-refractivity contribution in [3.8, 4) is 0 Å². The van der Waals surface area contributed by atoms with Gasteiger partial charge in [-0.2, -0.15) is 0 Å². The predicted octanol–water partition coefficient (Wildman–Crippen LogP) is 3.07. The second kappa shape index (κ2) is 10.3. The number of ether oxygens (including phenoxy) is 1. The molecule has 1 fully saturated rings. The number of aliphatic imine (C=N–C) groups is 1. The van der Waals surface area contributed by atoms with E-state index in [0.717, 1.165) is 47.7 Å². The van der Waals surface area contributed by atoms with Crippen LogP contribution in [0.4, 0.5) is 0 Å². The fourth-order valence-electron chi connectivity index (χ4n) is 3.19. The van der Waals surface area contributed by atoms with E-state index in [9.17, 15) is 4.79 Å². The lowest BCUT2D eigenvalue weighted by atomic mass is 9.97. The fraction of sp³-hybridized carbons (Fsp3) is 0.500. The summed E-state index contributed by atoms with van der Waals surface area (Å²) in [5.41, 5.74) is 1.86. The summed E-state index contributed by atoms with van der Waals surface area (Å²) in [6, 6.07) is 3.95. The van der Waals surface area contributed by atoms with Crippen LogP contribution in [-0.4, -0.2) is 53.0 Å². The molecule has 2 aromatic rings. The lowest BCUT2D eigenvalue weighted by molar-refractivity contribution is -0.149. The summed E-state index contributed by atoms with van der Waals surface area (Å²) in [6.45, 7) is 4.47. The number of aromatic nitrogens is 2. The number of halogens is 2. The Balaban J connectivity index is 0.00000261. The van der Waals surface area contributed by atoms with Crippen LogP contribution < -0.4 is 5.32 Å². The molecule has 0 spiro atoms. The Morgan fingerprint density at radius 1 is 1.37 bits per heavy atom. The second-order valence-electron chi connectivity index (χ2n) is 6.26. The third kappa shape index (κ3) is 5.56. The molecule has 7 nitrogen and oxygen atoms in total. The number of piperidine rings is 1. The van der Waals surface area contributed by atoms with E-state index in [1.54, 1.807) is 7.05 Å². The van der Waals surface area contributed by atoms with Crippen molar-refractivity contribution in [3.63, 3.8) is 0 Å². The minimum atomic E-state index is -0.0778. The summed E-state index contributed by atoms with van der Waals surface area (Å²) in [5.74, 6) is 0.762. The minimum absolute atomic E-state index is 0. The summed E-state index contributed by atoms with van der Waals surface area (Å²) in [4.78, 5) is 23.0. The monoisotopic (exact) mass is 549 g/mol. The number of pyridine rings is 1. The van der Waals surface area contributed by atoms with Crippen LogP contribution in [0.5, 0.6) is 0 Å². The second-order valence-corrected chi connectivity index (χ2v) is 7.17. The lowest BCUT2D eigenvalue weighted by Crippen LogP contribution is -2.46. The van der Waals surface area contributed by atoms with Crippen molar-refractivity contribution in [2.24, 2.45) is 10.9 Å². The van der Waals surface area contributed by atoms with Crippen LogP contribution in [0.3, 0.4) is 0 Å². The van der Waals surface area contributed by atoms with Crippen LogP contribution in [0.25, 0.3) is 5.65 Å². The van der Waals surface area contributed by atoms with E-state index in [4.69, 9.17) is 4.74 Å². The van der Waals surface area contributed by atoms with Gasteiger partial charge in [0, 0.05) is 37.0 Å². The average Bonchev–Trinajstić information content (AvgIpc) is 3.05. The largest absolute Gasteiger partial charge is 0.466 e. The van der Waals surface area contributed by atoms with Gasteiger partial charge in [0.2, 0.25) is 0 Å². The molecule has 0 aromatic carbocycles. The van der Waals surface area contributed by atoms with E-state index >= 15 is 0 Å². The van der Waals surface area contributed by atoms with Crippen LogP contribution >= 0.6 is 39.9 Å². The Morgan fingerprint density at radius 2 is 2.11 bits per heavy atom. The minimum Gasteiger partial charge on any atom is -0.466 e. The molecule has 3 heterocycles. The van der Waals surface area contributed by atoms with Gasteiger partial charge in [-0.1, -0.05) is 0 Å². The van der Waals surface area contributed by atoms with Gasteiger partial charge in [0.15, 0.2) is 5.96 Å². The highest BCUT2D eigenvalue weighted by Gasteiger charge is 2.27. The van der Waals surface area contributed by atoms with E-state index in [1.165, 1.54) is 0 Å². The Morgan fingerprint density at radius 3 is 2.78 bits per heavy atom. The smallest absolute Gasteiger partial charge is 0.309 e. The van der Waals surface area contributed by atoms with E-state index in [-0.39, 0.29) is 35.9 Å². The Labute approximate surface area is 184 Å². The number of nitrogens with zero attached hydrogens (tertiary/aromatic N) is 4. The standard InChI is InChI=1S/C18H24BrN5O2.HI/c1-3-26-17(25)13-6-8-23(9-7-13)18(20-2)21-10-15-12-24-11-14(19)4-5-16(24)22-15;/h4-5,11-13H,3,6-10H2,1-2H3,(H,20,21);1H. The predicted molar refractivity (Wildman–Crippen MR) is 119 cm³/mol. The molecule has 0 bridgehead atoms. The van der Waals surface area contributed by atoms with Gasteiger partial charge in [0.25, 0.3) is 0 Å². The van der Waals surface area contributed by atoms with Gasteiger partial charge in [-0.25, -0.2) is 4.98 Å². The molecule has 0 unspecified atom stereocenters. The average molecular weight is 550 g/mol. The van der Waals surface area contributed by atoms with Crippen molar-refractivity contribution in [2.45, 2.75) is 26.3 Å². The molecule has 0 amide bonds. The fourth-order valence-corrected chi connectivity index (χ4v) is 3.54. The summed E-state index contributed by atoms with van der Waals surface area (Å²) >= 11 is 3.47. The number of esters is 1. The maximum Gasteiger partial charge on any atom is 0.309 e. The van der Waals surface area contributed by atoms with Crippen molar-refractivity contribution in [3.05, 3.63) is 34.7 Å². The first-order valence-electron chi connectivity index (χ1n) is 8.86. The van der Waals surface area contributed by atoms with E-state index in [1.807, 2.05) is 35.9 Å². The Hall–Kier alpha value is -1.36.